The molecule has 0 spiro atoms. The first-order chi connectivity index (χ1) is 36.9. The van der Waals surface area contributed by atoms with Gasteiger partial charge in [-0.1, -0.05) is 53.7 Å². The largest absolute Gasteiger partial charge is 0.494 e. The van der Waals surface area contributed by atoms with Gasteiger partial charge in [0.25, 0.3) is 11.8 Å². The van der Waals surface area contributed by atoms with Gasteiger partial charge < -0.3 is 40.2 Å². The molecule has 78 heavy (non-hydrogen) atoms. The Hall–Kier alpha value is -6.68. The van der Waals surface area contributed by atoms with E-state index in [0.29, 0.717) is 82.6 Å². The molecule has 4 aliphatic heterocycles. The number of cyclic esters (lactones) is 2. The molecule has 0 unspecified atom stereocenters. The SMILES string of the molecule is CC(C)[C@@H]1NC(=O)[C@H](C)C/C=C/COc2ccc(F)c(c2)[C@@H](C)OC(=O)[C@@H]2CCCN(N2)C(=O)[C@H](C)NC1=O.CC(C)[C@@H]1NC(=O)[C@H](C)CCCCOc2ccc(F)c(c2)[C@@H](C)OC(=O)[C@@H]2CCCN(N2)C(=O)[C@H](C)NC1=O. The highest BCUT2D eigenvalue weighted by atomic mass is 19.1. The molecular formula is C56H80F2N8O12. The summed E-state index contributed by atoms with van der Waals surface area (Å²) in [5, 5.41) is 13.6. The van der Waals surface area contributed by atoms with Gasteiger partial charge >= 0.3 is 11.9 Å². The molecule has 2 aromatic carbocycles. The minimum Gasteiger partial charge on any atom is -0.494 e. The number of allylic oxidation sites excluding steroid dienone is 1. The minimum atomic E-state index is -0.910. The van der Waals surface area contributed by atoms with Gasteiger partial charge in [0.2, 0.25) is 23.6 Å². The molecule has 0 aliphatic carbocycles. The van der Waals surface area contributed by atoms with E-state index in [1.54, 1.807) is 46.8 Å². The van der Waals surface area contributed by atoms with Crippen molar-refractivity contribution in [2.45, 2.75) is 169 Å². The van der Waals surface area contributed by atoms with Crippen molar-refractivity contribution in [3.8, 4) is 11.5 Å². The maximum Gasteiger partial charge on any atom is 0.325 e. The number of carbonyl (C=O) groups excluding carboxylic acids is 8. The number of nitrogens with one attached hydrogen (secondary N) is 6. The van der Waals surface area contributed by atoms with E-state index < -0.39 is 102 Å². The molecule has 4 heterocycles. The number of hydrogen-bond donors (Lipinski definition) is 6. The Balaban J connectivity index is 0.000000287. The molecule has 10 atom stereocenters. The summed E-state index contributed by atoms with van der Waals surface area (Å²) in [4.78, 5) is 104. The van der Waals surface area contributed by atoms with Crippen LogP contribution in [0.4, 0.5) is 8.78 Å². The van der Waals surface area contributed by atoms with Crippen LogP contribution in [0.3, 0.4) is 0 Å². The predicted molar refractivity (Wildman–Crippen MR) is 283 cm³/mol. The summed E-state index contributed by atoms with van der Waals surface area (Å²) >= 11 is 0. The molecule has 6 amide bonds. The molecule has 430 valence electrons. The second-order valence-corrected chi connectivity index (χ2v) is 21.2. The van der Waals surface area contributed by atoms with Crippen LogP contribution >= 0.6 is 0 Å². The van der Waals surface area contributed by atoms with Gasteiger partial charge in [-0.15, -0.1) is 0 Å². The number of fused-ring (bicyclic) bond motifs is 8. The molecule has 0 radical (unpaired) electrons. The van der Waals surface area contributed by atoms with E-state index in [4.69, 9.17) is 18.9 Å². The lowest BCUT2D eigenvalue weighted by molar-refractivity contribution is -0.158. The second kappa shape index (κ2) is 29.3. The van der Waals surface area contributed by atoms with Gasteiger partial charge in [-0.2, -0.15) is 0 Å². The first-order valence-corrected chi connectivity index (χ1v) is 27.2. The normalized spacial score (nSPS) is 28.6. The van der Waals surface area contributed by atoms with Crippen LogP contribution < -0.4 is 41.6 Å². The van der Waals surface area contributed by atoms with E-state index in [1.807, 2.05) is 34.6 Å². The van der Waals surface area contributed by atoms with Gasteiger partial charge in [-0.3, -0.25) is 48.4 Å². The van der Waals surface area contributed by atoms with Gasteiger partial charge in [0.1, 0.15) is 78.2 Å². The standard InChI is InChI=1S/C28H41FN4O6.C28H39FN4O6/c2*1-16(2)24-26(35)30-18(4)27(36)33-13-8-10-23(32-33)28(37)39-19(5)21-15-20(11-12-22(21)29)38-14-7-6-9-17(3)25(34)31-24/h11-12,15-19,23-24,32H,6-10,13-14H2,1-5H3,(H,30,35)(H,31,34);6-7,11-12,15-19,23-24,32H,8-10,13-14H2,1-5H3,(H,30,35)(H,31,34)/b;7-6+/t2*17-,18+,19-,23+,24+/m11/s1. The second-order valence-electron chi connectivity index (χ2n) is 21.2. The summed E-state index contributed by atoms with van der Waals surface area (Å²) in [7, 11) is 0. The van der Waals surface area contributed by atoms with Crippen LogP contribution in [0.5, 0.6) is 11.5 Å². The van der Waals surface area contributed by atoms with Crippen molar-refractivity contribution < 1.29 is 66.1 Å². The molecule has 22 heteroatoms. The van der Waals surface area contributed by atoms with Crippen LogP contribution in [-0.2, 0) is 47.8 Å². The molecule has 4 aliphatic rings. The number of rotatable bonds is 2. The molecule has 8 bridgehead atoms. The molecule has 0 saturated carbocycles. The van der Waals surface area contributed by atoms with Crippen molar-refractivity contribution in [3.05, 3.63) is 71.3 Å². The van der Waals surface area contributed by atoms with Crippen molar-refractivity contribution >= 4 is 47.4 Å². The van der Waals surface area contributed by atoms with E-state index in [9.17, 15) is 47.1 Å². The third-order valence-corrected chi connectivity index (χ3v) is 14.0. The Morgan fingerprint density at radius 1 is 0.526 bits per heavy atom. The zero-order chi connectivity index (χ0) is 57.4. The average Bonchev–Trinajstić information content (AvgIpc) is 3.41. The van der Waals surface area contributed by atoms with Gasteiger partial charge in [0.05, 0.1) is 6.61 Å². The number of ether oxygens (including phenoxy) is 4. The molecule has 2 aromatic rings. The molecule has 6 N–H and O–H groups in total. The van der Waals surface area contributed by atoms with Crippen molar-refractivity contribution in [2.75, 3.05) is 26.3 Å². The lowest BCUT2D eigenvalue weighted by atomic mass is 9.99. The topological polar surface area (TPSA) is 252 Å². The zero-order valence-electron chi connectivity index (χ0n) is 46.6. The lowest BCUT2D eigenvalue weighted by Gasteiger charge is -2.35. The van der Waals surface area contributed by atoms with Crippen LogP contribution in [0.25, 0.3) is 0 Å². The average molecular weight is 1100 g/mol. The fourth-order valence-electron chi connectivity index (χ4n) is 9.07. The molecule has 0 aromatic heterocycles. The smallest absolute Gasteiger partial charge is 0.325 e. The Morgan fingerprint density at radius 2 is 0.974 bits per heavy atom. The minimum absolute atomic E-state index is 0.164. The highest BCUT2D eigenvalue weighted by Gasteiger charge is 2.37. The molecule has 2 fully saturated rings. The summed E-state index contributed by atoms with van der Waals surface area (Å²) in [5.74, 6) is -4.87. The number of carbonyl (C=O) groups is 8. The lowest BCUT2D eigenvalue weighted by Crippen LogP contribution is -2.61. The maximum atomic E-state index is 14.6. The summed E-state index contributed by atoms with van der Waals surface area (Å²) in [5.41, 5.74) is 6.13. The quantitative estimate of drug-likeness (QED) is 0.165. The summed E-state index contributed by atoms with van der Waals surface area (Å²) in [6.07, 6.45) is 6.10. The number of amides is 6. The molecule has 6 rings (SSSR count). The van der Waals surface area contributed by atoms with E-state index in [1.165, 1.54) is 46.4 Å². The zero-order valence-corrected chi connectivity index (χ0v) is 46.6. The van der Waals surface area contributed by atoms with E-state index in [-0.39, 0.29) is 47.3 Å². The third kappa shape index (κ3) is 17.7. The van der Waals surface area contributed by atoms with Crippen molar-refractivity contribution in [2.24, 2.45) is 23.7 Å². The van der Waals surface area contributed by atoms with Gasteiger partial charge in [-0.05, 0) is 127 Å². The van der Waals surface area contributed by atoms with Crippen LogP contribution in [-0.4, -0.2) is 120 Å². The Bertz CT molecular complexity index is 2480. The summed E-state index contributed by atoms with van der Waals surface area (Å²) in [6.45, 7) is 18.4. The van der Waals surface area contributed by atoms with E-state index in [2.05, 4.69) is 32.1 Å². The van der Waals surface area contributed by atoms with Crippen molar-refractivity contribution in [1.82, 2.24) is 42.1 Å². The maximum absolute atomic E-state index is 14.6. The Labute approximate surface area is 456 Å². The van der Waals surface area contributed by atoms with Crippen LogP contribution in [0.2, 0.25) is 0 Å². The van der Waals surface area contributed by atoms with Crippen molar-refractivity contribution in [3.63, 3.8) is 0 Å². The number of nitrogens with zero attached hydrogens (tertiary/aromatic N) is 2. The van der Waals surface area contributed by atoms with E-state index >= 15 is 0 Å². The highest BCUT2D eigenvalue weighted by Crippen LogP contribution is 2.28. The summed E-state index contributed by atoms with van der Waals surface area (Å²) < 4.78 is 51.7. The van der Waals surface area contributed by atoms with Crippen LogP contribution in [0, 0.1) is 35.3 Å². The van der Waals surface area contributed by atoms with Crippen LogP contribution in [0.1, 0.15) is 144 Å². The van der Waals surface area contributed by atoms with Gasteiger partial charge in [-0.25, -0.2) is 19.6 Å². The van der Waals surface area contributed by atoms with Gasteiger partial charge in [0.15, 0.2) is 0 Å². The predicted octanol–water partition coefficient (Wildman–Crippen LogP) is 5.32. The highest BCUT2D eigenvalue weighted by molar-refractivity contribution is 5.93. The number of halogens is 2. The first-order valence-electron chi connectivity index (χ1n) is 27.2. The monoisotopic (exact) mass is 1090 g/mol. The Morgan fingerprint density at radius 3 is 1.44 bits per heavy atom. The molecular weight excluding hydrogens is 1010 g/mol. The number of benzene rings is 2. The molecule has 20 nitrogen and oxygen atoms in total. The first kappa shape index (κ1) is 62.2. The number of hydrogen-bond acceptors (Lipinski definition) is 14. The van der Waals surface area contributed by atoms with Crippen molar-refractivity contribution in [1.29, 1.82) is 0 Å². The molecule has 2 saturated heterocycles. The fraction of sp³-hybridized carbons (Fsp3) is 0.607. The van der Waals surface area contributed by atoms with Crippen LogP contribution in [0.15, 0.2) is 48.6 Å². The number of esters is 2. The fourth-order valence-corrected chi connectivity index (χ4v) is 9.07. The van der Waals surface area contributed by atoms with Gasteiger partial charge in [0, 0.05) is 36.1 Å². The summed E-state index contributed by atoms with van der Waals surface area (Å²) in [6, 6.07) is 3.49. The Kier molecular flexibility index (Phi) is 23.4. The number of hydrazine groups is 2. The van der Waals surface area contributed by atoms with E-state index in [0.717, 1.165) is 0 Å². The third-order valence-electron chi connectivity index (χ3n) is 14.0.